The molecule has 0 atom stereocenters. The van der Waals surface area contributed by atoms with Crippen molar-refractivity contribution in [3.63, 3.8) is 0 Å². The zero-order valence-corrected chi connectivity index (χ0v) is 10.5. The Hall–Kier alpha value is -1.32. The van der Waals surface area contributed by atoms with E-state index in [4.69, 9.17) is 16.0 Å². The van der Waals surface area contributed by atoms with E-state index in [-0.39, 0.29) is 0 Å². The standard InChI is InChI=1S/C13H15ClN2O/c1-15-6-5-12-9-17-13(16-12)8-10-3-2-4-11(14)7-10/h2-4,7,9,15H,5-6,8H2,1H3. The average molecular weight is 251 g/mol. The molecule has 1 N–H and O–H groups in total. The quantitative estimate of drug-likeness (QED) is 0.887. The first kappa shape index (κ1) is 12.1. The molecule has 0 saturated heterocycles. The van der Waals surface area contributed by atoms with Crippen LogP contribution in [0, 0.1) is 0 Å². The van der Waals surface area contributed by atoms with E-state index in [1.807, 2.05) is 31.3 Å². The summed E-state index contributed by atoms with van der Waals surface area (Å²) in [5.74, 6) is 0.735. The molecule has 2 aromatic rings. The monoisotopic (exact) mass is 250 g/mol. The van der Waals surface area contributed by atoms with Crippen LogP contribution in [0.15, 0.2) is 34.9 Å². The Labute approximate surface area is 106 Å². The Balaban J connectivity index is 2.01. The molecule has 0 aliphatic heterocycles. The third-order valence-corrected chi connectivity index (χ3v) is 2.71. The van der Waals surface area contributed by atoms with Gasteiger partial charge < -0.3 is 9.73 Å². The first-order valence-electron chi connectivity index (χ1n) is 5.60. The molecule has 0 aliphatic carbocycles. The Bertz CT molecular complexity index is 482. The Morgan fingerprint density at radius 1 is 1.41 bits per heavy atom. The normalized spacial score (nSPS) is 10.7. The third kappa shape index (κ3) is 3.58. The topological polar surface area (TPSA) is 38.1 Å². The molecule has 0 radical (unpaired) electrons. The van der Waals surface area contributed by atoms with Gasteiger partial charge in [0.25, 0.3) is 0 Å². The van der Waals surface area contributed by atoms with E-state index in [0.717, 1.165) is 35.1 Å². The minimum Gasteiger partial charge on any atom is -0.448 e. The Kier molecular flexibility index (Phi) is 4.18. The molecule has 1 aromatic carbocycles. The van der Waals surface area contributed by atoms with Crippen LogP contribution in [0.2, 0.25) is 5.02 Å². The fourth-order valence-corrected chi connectivity index (χ4v) is 1.83. The summed E-state index contributed by atoms with van der Waals surface area (Å²) in [6, 6.07) is 7.74. The van der Waals surface area contributed by atoms with Crippen LogP contribution in [-0.4, -0.2) is 18.6 Å². The predicted octanol–water partition coefficient (Wildman–Crippen LogP) is 2.68. The average Bonchev–Trinajstić information content (AvgIpc) is 2.74. The van der Waals surface area contributed by atoms with Crippen molar-refractivity contribution in [2.75, 3.05) is 13.6 Å². The van der Waals surface area contributed by atoms with Crippen LogP contribution in [0.3, 0.4) is 0 Å². The molecular formula is C13H15ClN2O. The summed E-state index contributed by atoms with van der Waals surface area (Å²) in [7, 11) is 1.92. The number of rotatable bonds is 5. The van der Waals surface area contributed by atoms with Gasteiger partial charge in [0.15, 0.2) is 5.89 Å². The molecule has 1 aromatic heterocycles. The van der Waals surface area contributed by atoms with Gasteiger partial charge in [0.1, 0.15) is 6.26 Å². The van der Waals surface area contributed by atoms with Gasteiger partial charge in [-0.1, -0.05) is 23.7 Å². The fourth-order valence-electron chi connectivity index (χ4n) is 1.62. The molecular weight excluding hydrogens is 236 g/mol. The number of likely N-dealkylation sites (N-methyl/N-ethyl adjacent to an activating group) is 1. The lowest BCUT2D eigenvalue weighted by Crippen LogP contribution is -2.10. The Morgan fingerprint density at radius 2 is 2.29 bits per heavy atom. The first-order valence-corrected chi connectivity index (χ1v) is 5.98. The molecule has 1 heterocycles. The second-order valence-electron chi connectivity index (χ2n) is 3.89. The molecule has 4 heteroatoms. The lowest BCUT2D eigenvalue weighted by atomic mass is 10.1. The van der Waals surface area contributed by atoms with Crippen molar-refractivity contribution in [3.05, 3.63) is 52.7 Å². The molecule has 3 nitrogen and oxygen atoms in total. The number of halogens is 1. The highest BCUT2D eigenvalue weighted by Gasteiger charge is 2.05. The summed E-state index contributed by atoms with van der Waals surface area (Å²) in [4.78, 5) is 4.42. The van der Waals surface area contributed by atoms with Crippen LogP contribution in [0.4, 0.5) is 0 Å². The van der Waals surface area contributed by atoms with E-state index >= 15 is 0 Å². The van der Waals surface area contributed by atoms with Crippen molar-refractivity contribution in [2.45, 2.75) is 12.8 Å². The van der Waals surface area contributed by atoms with Gasteiger partial charge in [0.05, 0.1) is 5.69 Å². The maximum atomic E-state index is 5.93. The van der Waals surface area contributed by atoms with E-state index in [1.165, 1.54) is 0 Å². The van der Waals surface area contributed by atoms with Gasteiger partial charge in [0, 0.05) is 24.4 Å². The molecule has 2 rings (SSSR count). The van der Waals surface area contributed by atoms with Crippen LogP contribution < -0.4 is 5.32 Å². The summed E-state index contributed by atoms with van der Waals surface area (Å²) in [5.41, 5.74) is 2.09. The van der Waals surface area contributed by atoms with Crippen molar-refractivity contribution in [1.29, 1.82) is 0 Å². The summed E-state index contributed by atoms with van der Waals surface area (Å²) in [6.07, 6.45) is 3.28. The number of nitrogens with one attached hydrogen (secondary N) is 1. The highest BCUT2D eigenvalue weighted by molar-refractivity contribution is 6.30. The highest BCUT2D eigenvalue weighted by atomic mass is 35.5. The number of nitrogens with zero attached hydrogens (tertiary/aromatic N) is 1. The highest BCUT2D eigenvalue weighted by Crippen LogP contribution is 2.14. The van der Waals surface area contributed by atoms with Gasteiger partial charge >= 0.3 is 0 Å². The predicted molar refractivity (Wildman–Crippen MR) is 68.4 cm³/mol. The van der Waals surface area contributed by atoms with Crippen LogP contribution in [0.1, 0.15) is 17.1 Å². The zero-order chi connectivity index (χ0) is 12.1. The summed E-state index contributed by atoms with van der Waals surface area (Å²) < 4.78 is 5.42. The summed E-state index contributed by atoms with van der Waals surface area (Å²) >= 11 is 5.93. The SMILES string of the molecule is CNCCc1coc(Cc2cccc(Cl)c2)n1. The fraction of sp³-hybridized carbons (Fsp3) is 0.308. The van der Waals surface area contributed by atoms with Crippen molar-refractivity contribution in [1.82, 2.24) is 10.3 Å². The molecule has 90 valence electrons. The zero-order valence-electron chi connectivity index (χ0n) is 9.74. The largest absolute Gasteiger partial charge is 0.448 e. The molecule has 0 bridgehead atoms. The number of benzene rings is 1. The van der Waals surface area contributed by atoms with Crippen molar-refractivity contribution < 1.29 is 4.42 Å². The van der Waals surface area contributed by atoms with Gasteiger partial charge in [-0.25, -0.2) is 4.98 Å². The van der Waals surface area contributed by atoms with Gasteiger partial charge in [-0.05, 0) is 24.7 Å². The number of hydrogen-bond acceptors (Lipinski definition) is 3. The van der Waals surface area contributed by atoms with Crippen molar-refractivity contribution >= 4 is 11.6 Å². The molecule has 0 amide bonds. The number of hydrogen-bond donors (Lipinski definition) is 1. The first-order chi connectivity index (χ1) is 8.28. The second kappa shape index (κ2) is 5.84. The molecule has 0 unspecified atom stereocenters. The van der Waals surface area contributed by atoms with Crippen molar-refractivity contribution in [3.8, 4) is 0 Å². The maximum absolute atomic E-state index is 5.93. The van der Waals surface area contributed by atoms with E-state index < -0.39 is 0 Å². The van der Waals surface area contributed by atoms with E-state index in [9.17, 15) is 0 Å². The molecule has 0 aliphatic rings. The van der Waals surface area contributed by atoms with Gasteiger partial charge in [-0.15, -0.1) is 0 Å². The minimum absolute atomic E-state index is 0.681. The number of oxazole rings is 1. The van der Waals surface area contributed by atoms with Crippen LogP contribution in [0.5, 0.6) is 0 Å². The summed E-state index contributed by atoms with van der Waals surface area (Å²) in [6.45, 7) is 0.906. The van der Waals surface area contributed by atoms with E-state index in [2.05, 4.69) is 10.3 Å². The third-order valence-electron chi connectivity index (χ3n) is 2.47. The minimum atomic E-state index is 0.681. The van der Waals surface area contributed by atoms with Crippen LogP contribution in [-0.2, 0) is 12.8 Å². The summed E-state index contributed by atoms with van der Waals surface area (Å²) in [5, 5.41) is 3.82. The number of aromatic nitrogens is 1. The van der Waals surface area contributed by atoms with Crippen LogP contribution >= 0.6 is 11.6 Å². The van der Waals surface area contributed by atoms with E-state index in [0.29, 0.717) is 6.42 Å². The van der Waals surface area contributed by atoms with Gasteiger partial charge in [0.2, 0.25) is 0 Å². The second-order valence-corrected chi connectivity index (χ2v) is 4.33. The van der Waals surface area contributed by atoms with E-state index in [1.54, 1.807) is 6.26 Å². The molecule has 0 fully saturated rings. The maximum Gasteiger partial charge on any atom is 0.198 e. The van der Waals surface area contributed by atoms with Crippen LogP contribution in [0.25, 0.3) is 0 Å². The molecule has 0 spiro atoms. The van der Waals surface area contributed by atoms with Crippen molar-refractivity contribution in [2.24, 2.45) is 0 Å². The van der Waals surface area contributed by atoms with Gasteiger partial charge in [-0.2, -0.15) is 0 Å². The lowest BCUT2D eigenvalue weighted by Gasteiger charge is -1.97. The van der Waals surface area contributed by atoms with Gasteiger partial charge in [-0.3, -0.25) is 0 Å². The molecule has 17 heavy (non-hydrogen) atoms. The molecule has 0 saturated carbocycles. The Morgan fingerprint density at radius 3 is 3.06 bits per heavy atom. The lowest BCUT2D eigenvalue weighted by molar-refractivity contribution is 0.506. The smallest absolute Gasteiger partial charge is 0.198 e.